The van der Waals surface area contributed by atoms with Crippen LogP contribution in [-0.2, 0) is 0 Å². The first-order valence-corrected chi connectivity index (χ1v) is 7.08. The molecule has 120 valence electrons. The van der Waals surface area contributed by atoms with E-state index >= 15 is 0 Å². The molecule has 0 aromatic heterocycles. The second-order valence-electron chi connectivity index (χ2n) is 6.49. The summed E-state index contributed by atoms with van der Waals surface area (Å²) in [6, 6.07) is 0. The molecule has 0 spiro atoms. The normalized spacial score (nSPS) is 30.6. The number of halogens is 6. The SMILES string of the molecule is OC(C1=C2CC(=C1)C1=C3CCC(C3)C21)(C(F)(F)F)C(F)(F)F. The lowest BCUT2D eigenvalue weighted by Crippen LogP contribution is -2.58. The summed E-state index contributed by atoms with van der Waals surface area (Å²) in [5.74, 6) is -0.234. The molecule has 1 N–H and O–H groups in total. The fourth-order valence-corrected chi connectivity index (χ4v) is 4.62. The maximum Gasteiger partial charge on any atom is 0.430 e. The predicted molar refractivity (Wildman–Crippen MR) is 64.6 cm³/mol. The molecule has 0 amide bonds. The van der Waals surface area contributed by atoms with Gasteiger partial charge in [0.1, 0.15) is 0 Å². The third-order valence-electron chi connectivity index (χ3n) is 5.47. The first-order chi connectivity index (χ1) is 10.1. The Hall–Kier alpha value is -1.24. The lowest BCUT2D eigenvalue weighted by Gasteiger charge is -2.36. The van der Waals surface area contributed by atoms with E-state index in [4.69, 9.17) is 0 Å². The van der Waals surface area contributed by atoms with E-state index in [-0.39, 0.29) is 23.8 Å². The number of aliphatic hydroxyl groups is 1. The molecule has 0 aliphatic heterocycles. The molecule has 0 aromatic carbocycles. The van der Waals surface area contributed by atoms with Crippen LogP contribution in [0.4, 0.5) is 26.3 Å². The highest BCUT2D eigenvalue weighted by Crippen LogP contribution is 2.64. The Kier molecular flexibility index (Phi) is 2.48. The van der Waals surface area contributed by atoms with Crippen LogP contribution < -0.4 is 0 Å². The minimum Gasteiger partial charge on any atom is -0.369 e. The van der Waals surface area contributed by atoms with Crippen molar-refractivity contribution in [1.29, 1.82) is 0 Å². The highest BCUT2D eigenvalue weighted by molar-refractivity contribution is 5.66. The topological polar surface area (TPSA) is 20.2 Å². The molecule has 1 nitrogen and oxygen atoms in total. The van der Waals surface area contributed by atoms with Gasteiger partial charge < -0.3 is 5.11 Å². The first-order valence-electron chi connectivity index (χ1n) is 7.08. The van der Waals surface area contributed by atoms with Crippen molar-refractivity contribution < 1.29 is 31.4 Å². The van der Waals surface area contributed by atoms with Gasteiger partial charge in [-0.25, -0.2) is 0 Å². The van der Waals surface area contributed by atoms with Crippen LogP contribution in [0.2, 0.25) is 0 Å². The van der Waals surface area contributed by atoms with Crippen LogP contribution in [0.1, 0.15) is 25.7 Å². The number of fused-ring (bicyclic) bond motifs is 8. The van der Waals surface area contributed by atoms with Gasteiger partial charge in [0, 0.05) is 11.5 Å². The molecule has 0 radical (unpaired) electrons. The van der Waals surface area contributed by atoms with Crippen molar-refractivity contribution in [2.24, 2.45) is 11.8 Å². The van der Waals surface area contributed by atoms with E-state index in [0.717, 1.165) is 30.9 Å². The molecule has 7 heteroatoms. The molecule has 4 rings (SSSR count). The smallest absolute Gasteiger partial charge is 0.369 e. The average molecular weight is 322 g/mol. The van der Waals surface area contributed by atoms with Crippen molar-refractivity contribution in [2.45, 2.75) is 43.6 Å². The summed E-state index contributed by atoms with van der Waals surface area (Å²) in [6.07, 6.45) is -8.08. The molecule has 2 unspecified atom stereocenters. The zero-order valence-electron chi connectivity index (χ0n) is 11.3. The van der Waals surface area contributed by atoms with Crippen molar-refractivity contribution in [3.63, 3.8) is 0 Å². The molecule has 22 heavy (non-hydrogen) atoms. The summed E-state index contributed by atoms with van der Waals surface area (Å²) >= 11 is 0. The van der Waals surface area contributed by atoms with Crippen LogP contribution in [0.5, 0.6) is 0 Å². The Morgan fingerprint density at radius 1 is 1.05 bits per heavy atom. The van der Waals surface area contributed by atoms with E-state index in [1.54, 1.807) is 0 Å². The monoisotopic (exact) mass is 322 g/mol. The summed E-state index contributed by atoms with van der Waals surface area (Å²) < 4.78 is 78.4. The Bertz CT molecular complexity index is 647. The fourth-order valence-electron chi connectivity index (χ4n) is 4.62. The molecule has 2 fully saturated rings. The van der Waals surface area contributed by atoms with Crippen molar-refractivity contribution in [2.75, 3.05) is 0 Å². The number of hydrogen-bond acceptors (Lipinski definition) is 1. The molecule has 2 saturated carbocycles. The van der Waals surface area contributed by atoms with Crippen molar-refractivity contribution in [1.82, 2.24) is 0 Å². The fraction of sp³-hybridized carbons (Fsp3) is 0.600. The van der Waals surface area contributed by atoms with E-state index < -0.39 is 23.5 Å². The molecular weight excluding hydrogens is 310 g/mol. The van der Waals surface area contributed by atoms with Crippen molar-refractivity contribution in [3.05, 3.63) is 33.9 Å². The van der Waals surface area contributed by atoms with E-state index in [0.29, 0.717) is 5.57 Å². The Morgan fingerprint density at radius 2 is 1.68 bits per heavy atom. The van der Waals surface area contributed by atoms with Gasteiger partial charge in [-0.05, 0) is 42.7 Å². The Labute approximate surface area is 122 Å². The summed E-state index contributed by atoms with van der Waals surface area (Å²) in [5.41, 5.74) is -2.94. The number of rotatable bonds is 1. The quantitative estimate of drug-likeness (QED) is 0.717. The van der Waals surface area contributed by atoms with E-state index in [9.17, 15) is 31.4 Å². The largest absolute Gasteiger partial charge is 0.430 e. The van der Waals surface area contributed by atoms with Crippen molar-refractivity contribution in [3.8, 4) is 0 Å². The third-order valence-corrected chi connectivity index (χ3v) is 5.47. The number of alkyl halides is 6. The first kappa shape index (κ1) is 14.4. The number of hydrogen-bond donors (Lipinski definition) is 1. The molecule has 2 atom stereocenters. The summed E-state index contributed by atoms with van der Waals surface area (Å²) in [7, 11) is 0. The van der Waals surface area contributed by atoms with Crippen molar-refractivity contribution >= 4 is 0 Å². The number of allylic oxidation sites excluding steroid dienone is 4. The van der Waals surface area contributed by atoms with Gasteiger partial charge in [-0.1, -0.05) is 17.2 Å². The maximum absolute atomic E-state index is 13.1. The van der Waals surface area contributed by atoms with Gasteiger partial charge in [0.25, 0.3) is 5.60 Å². The van der Waals surface area contributed by atoms with Gasteiger partial charge in [-0.15, -0.1) is 0 Å². The van der Waals surface area contributed by atoms with Crippen LogP contribution in [0.3, 0.4) is 0 Å². The van der Waals surface area contributed by atoms with Gasteiger partial charge in [0.05, 0.1) is 0 Å². The molecular formula is C15H12F6O. The minimum atomic E-state index is -5.79. The Morgan fingerprint density at radius 3 is 2.27 bits per heavy atom. The summed E-state index contributed by atoms with van der Waals surface area (Å²) in [6.45, 7) is 0. The average Bonchev–Trinajstić information content (AvgIpc) is 3.12. The molecule has 4 aliphatic carbocycles. The molecule has 4 bridgehead atoms. The van der Waals surface area contributed by atoms with E-state index in [1.165, 1.54) is 5.57 Å². The van der Waals surface area contributed by atoms with E-state index in [2.05, 4.69) is 0 Å². The van der Waals surface area contributed by atoms with Gasteiger partial charge in [-0.3, -0.25) is 0 Å². The summed E-state index contributed by atoms with van der Waals surface area (Å²) in [4.78, 5) is 0. The van der Waals surface area contributed by atoms with Crippen LogP contribution in [0.25, 0.3) is 0 Å². The predicted octanol–water partition coefficient (Wildman–Crippen LogP) is 4.21. The second kappa shape index (κ2) is 3.80. The van der Waals surface area contributed by atoms with E-state index in [1.807, 2.05) is 0 Å². The lowest BCUT2D eigenvalue weighted by atomic mass is 9.77. The lowest BCUT2D eigenvalue weighted by molar-refractivity contribution is -0.351. The zero-order chi connectivity index (χ0) is 16.1. The Balaban J connectivity index is 1.88. The maximum atomic E-state index is 13.1. The van der Waals surface area contributed by atoms with Crippen LogP contribution in [0.15, 0.2) is 33.9 Å². The zero-order valence-corrected chi connectivity index (χ0v) is 11.3. The molecule has 0 heterocycles. The minimum absolute atomic E-state index is 0.104. The van der Waals surface area contributed by atoms with Crippen LogP contribution in [-0.4, -0.2) is 23.1 Å². The standard InChI is InChI=1S/C15H12F6O/c16-14(17,18)13(22,15(19,20)21)10-5-8-4-9(10)12-7-2-1-6(3-7)11(8)12/h5,7,12,22H,1-4H2. The van der Waals surface area contributed by atoms with Gasteiger partial charge in [0.15, 0.2) is 0 Å². The molecule has 0 saturated heterocycles. The highest BCUT2D eigenvalue weighted by atomic mass is 19.4. The highest BCUT2D eigenvalue weighted by Gasteiger charge is 2.73. The van der Waals surface area contributed by atoms with Crippen LogP contribution >= 0.6 is 0 Å². The van der Waals surface area contributed by atoms with Gasteiger partial charge in [-0.2, -0.15) is 26.3 Å². The van der Waals surface area contributed by atoms with Crippen LogP contribution in [0, 0.1) is 11.8 Å². The van der Waals surface area contributed by atoms with Gasteiger partial charge >= 0.3 is 12.4 Å². The molecule has 4 aliphatic rings. The molecule has 0 aromatic rings. The summed E-state index contributed by atoms with van der Waals surface area (Å²) in [5, 5.41) is 9.63. The second-order valence-corrected chi connectivity index (χ2v) is 6.49. The third kappa shape index (κ3) is 1.46. The van der Waals surface area contributed by atoms with Gasteiger partial charge in [0.2, 0.25) is 0 Å².